The van der Waals surface area contributed by atoms with Gasteiger partial charge in [-0.15, -0.1) is 15.3 Å². The number of nitrogens with zero attached hydrogens (tertiary/aromatic N) is 17. The molecule has 0 radical (unpaired) electrons. The average molecular weight is 1460 g/mol. The van der Waals surface area contributed by atoms with Gasteiger partial charge in [-0.05, 0) is 161 Å². The van der Waals surface area contributed by atoms with E-state index in [0.717, 1.165) is 176 Å². The van der Waals surface area contributed by atoms with Gasteiger partial charge in [-0.3, -0.25) is 23.8 Å². The first-order valence-electron chi connectivity index (χ1n) is 37.1. The molecule has 14 rings (SSSR count). The van der Waals surface area contributed by atoms with E-state index in [9.17, 15) is 28.5 Å². The van der Waals surface area contributed by atoms with Crippen molar-refractivity contribution in [2.24, 2.45) is 0 Å². The van der Waals surface area contributed by atoms with Crippen molar-refractivity contribution in [3.63, 3.8) is 0 Å². The SMILES string of the molecule is COC[C@H](C)Nc1ncc2c(-c3cnn(C(C)(C)C(=O)N4CCCCC4)c3)cc(C3CCC(O)CC3)n2n1.COC[C@H](C)Nc1ncc2c(-c3cnn(CCS(C)(=O)=O)c3)cc(C3CCC(O)CC3)n2n1.COC[C@H](C)Nc1ncc2c(-c3cnn(Cc4cccnc4)c3)cc(C3CCC(O)CC3)n2n1. The second kappa shape index (κ2) is 34.2. The van der Waals surface area contributed by atoms with Crippen LogP contribution in [0, 0.1) is 0 Å². The fourth-order valence-corrected chi connectivity index (χ4v) is 15.5. The first kappa shape index (κ1) is 75.9. The highest BCUT2D eigenvalue weighted by atomic mass is 32.2. The van der Waals surface area contributed by atoms with Crippen LogP contribution in [-0.4, -0.2) is 215 Å². The Morgan fingerprint density at radius 3 is 1.35 bits per heavy atom. The molecule has 0 unspecified atom stereocenters. The van der Waals surface area contributed by atoms with Gasteiger partial charge in [-0.2, -0.15) is 15.3 Å². The van der Waals surface area contributed by atoms with E-state index >= 15 is 0 Å². The molecule has 105 heavy (non-hydrogen) atoms. The lowest BCUT2D eigenvalue weighted by molar-refractivity contribution is -0.140. The van der Waals surface area contributed by atoms with Gasteiger partial charge in [0.25, 0.3) is 0 Å². The monoisotopic (exact) mass is 1460 g/mol. The molecule has 10 aromatic heterocycles. The number of pyridine rings is 1. The molecule has 1 aliphatic heterocycles. The van der Waals surface area contributed by atoms with Gasteiger partial charge < -0.3 is 50.4 Å². The van der Waals surface area contributed by atoms with Crippen LogP contribution in [-0.2, 0) is 47.5 Å². The summed E-state index contributed by atoms with van der Waals surface area (Å²) in [5.41, 5.74) is 12.3. The van der Waals surface area contributed by atoms with Gasteiger partial charge in [0.15, 0.2) is 0 Å². The van der Waals surface area contributed by atoms with E-state index in [-0.39, 0.29) is 54.0 Å². The van der Waals surface area contributed by atoms with Crippen molar-refractivity contribution in [1.82, 2.24) is 83.0 Å². The lowest BCUT2D eigenvalue weighted by atomic mass is 9.85. The molecule has 0 spiro atoms. The van der Waals surface area contributed by atoms with Gasteiger partial charge in [0, 0.05) is 158 Å². The van der Waals surface area contributed by atoms with Gasteiger partial charge >= 0.3 is 0 Å². The van der Waals surface area contributed by atoms with E-state index in [4.69, 9.17) is 29.5 Å². The number of aliphatic hydroxyl groups excluding tert-OH is 3. The summed E-state index contributed by atoms with van der Waals surface area (Å²) in [4.78, 5) is 33.3. The molecule has 29 nitrogen and oxygen atoms in total. The van der Waals surface area contributed by atoms with Crippen LogP contribution >= 0.6 is 0 Å². The number of carbonyl (C=O) groups excluding carboxylic acids is 1. The van der Waals surface area contributed by atoms with E-state index < -0.39 is 15.4 Å². The molecular formula is C75H104N20O9S. The maximum Gasteiger partial charge on any atom is 0.249 e. The Morgan fingerprint density at radius 2 is 0.952 bits per heavy atom. The number of amides is 1. The molecule has 1 saturated heterocycles. The molecule has 30 heteroatoms. The number of aromatic nitrogens is 16. The zero-order valence-electron chi connectivity index (χ0n) is 62.0. The summed E-state index contributed by atoms with van der Waals surface area (Å²) in [6.45, 7) is 14.2. The Kier molecular flexibility index (Phi) is 24.7. The minimum Gasteiger partial charge on any atom is -0.393 e. The third-order valence-electron chi connectivity index (χ3n) is 20.6. The van der Waals surface area contributed by atoms with Crippen molar-refractivity contribution < 1.29 is 42.7 Å². The van der Waals surface area contributed by atoms with E-state index in [1.165, 1.54) is 12.7 Å². The first-order chi connectivity index (χ1) is 50.6. The Morgan fingerprint density at radius 1 is 0.552 bits per heavy atom. The number of carbonyl (C=O) groups is 1. The molecule has 11 heterocycles. The predicted molar refractivity (Wildman–Crippen MR) is 402 cm³/mol. The van der Waals surface area contributed by atoms with Crippen LogP contribution in [0.2, 0.25) is 0 Å². The number of methoxy groups -OCH3 is 3. The minimum atomic E-state index is -3.07. The Labute approximate surface area is 613 Å². The Bertz CT molecular complexity index is 4590. The third kappa shape index (κ3) is 18.7. The summed E-state index contributed by atoms with van der Waals surface area (Å²) >= 11 is 0. The Hall–Kier alpha value is -8.78. The lowest BCUT2D eigenvalue weighted by Crippen LogP contribution is -2.48. The molecule has 6 N–H and O–H groups in total. The number of hydrogen-bond donors (Lipinski definition) is 6. The smallest absolute Gasteiger partial charge is 0.249 e. The third-order valence-corrected chi connectivity index (χ3v) is 21.6. The van der Waals surface area contributed by atoms with Gasteiger partial charge in [-0.25, -0.2) is 36.9 Å². The van der Waals surface area contributed by atoms with E-state index in [0.29, 0.717) is 62.6 Å². The van der Waals surface area contributed by atoms with E-state index in [1.54, 1.807) is 49.3 Å². The number of aliphatic hydroxyl groups is 3. The number of aryl methyl sites for hydroxylation is 1. The molecule has 1 amide bonds. The number of rotatable bonds is 25. The van der Waals surface area contributed by atoms with Crippen LogP contribution in [0.4, 0.5) is 17.8 Å². The van der Waals surface area contributed by atoms with Crippen LogP contribution in [0.5, 0.6) is 0 Å². The van der Waals surface area contributed by atoms with Crippen molar-refractivity contribution in [2.75, 3.05) is 82.2 Å². The Balaban J connectivity index is 0.000000148. The highest BCUT2D eigenvalue weighted by Crippen LogP contribution is 2.42. The highest BCUT2D eigenvalue weighted by Gasteiger charge is 2.36. The van der Waals surface area contributed by atoms with Crippen LogP contribution in [0.1, 0.15) is 171 Å². The fourth-order valence-electron chi connectivity index (χ4n) is 15.0. The summed E-state index contributed by atoms with van der Waals surface area (Å²) in [5.74, 6) is 2.72. The van der Waals surface area contributed by atoms with Crippen molar-refractivity contribution in [1.29, 1.82) is 0 Å². The number of ether oxygens (including phenoxy) is 3. The van der Waals surface area contributed by atoms with Crippen LogP contribution in [0.25, 0.3) is 49.9 Å². The quantitative estimate of drug-likeness (QED) is 0.0310. The van der Waals surface area contributed by atoms with Gasteiger partial charge in [0.1, 0.15) is 15.4 Å². The van der Waals surface area contributed by atoms with Crippen LogP contribution in [0.3, 0.4) is 0 Å². The van der Waals surface area contributed by atoms with Crippen molar-refractivity contribution in [3.8, 4) is 33.4 Å². The number of sulfone groups is 1. The molecule has 0 aromatic carbocycles. The fraction of sp³-hybridized carbons (Fsp3) is 0.560. The standard InChI is InChI=1S/C28H41N7O3.C25H31N7O2.C22H32N6O4S/c1-19(18-38-4)31-27-29-16-25-23(14-24(35(25)32-27)20-8-10-22(36)11-9-20)21-15-30-34(17-21)28(2,3)26(37)33-12-6-5-7-13-33;1-17(16-34-2)29-25-27-13-24-22(10-23(32(24)30-25)19-5-7-21(33)8-6-19)20-12-28-31(15-20)14-18-4-3-9-26-11-18;1-15(14-32-2)25-22-23-12-21-19(17-11-24-27(13-17)8-9-33(3,30)31)10-20(28(21)26-22)16-4-6-18(29)7-5-16/h14-17,19-20,22,36H,5-13,18H2,1-4H3,(H,31,32);3-4,9-13,15,17,19,21,33H,5-8,14,16H2,1-2H3,(H,29,30);10-13,15-16,18,29H,4-9,14H2,1-3H3,(H,25,26)/t19-,20?,22?;17-,19?,21?;15-,16?,18?/m000/s1. The predicted octanol–water partition coefficient (Wildman–Crippen LogP) is 9.41. The maximum atomic E-state index is 13.4. The van der Waals surface area contributed by atoms with Crippen molar-refractivity contribution in [3.05, 3.63) is 121 Å². The largest absolute Gasteiger partial charge is 0.393 e. The van der Waals surface area contributed by atoms with E-state index in [2.05, 4.69) is 75.6 Å². The number of nitrogens with one attached hydrogen (secondary N) is 3. The summed E-state index contributed by atoms with van der Waals surface area (Å²) in [6, 6.07) is 10.7. The topological polar surface area (TPSA) is 336 Å². The van der Waals surface area contributed by atoms with Crippen molar-refractivity contribution in [2.45, 2.75) is 204 Å². The summed E-state index contributed by atoms with van der Waals surface area (Å²) in [7, 11) is 1.95. The molecule has 4 fully saturated rings. The molecule has 564 valence electrons. The molecular weight excluding hydrogens is 1360 g/mol. The molecule has 3 atom stereocenters. The number of likely N-dealkylation sites (tertiary alicyclic amines) is 1. The molecule has 4 aliphatic rings. The molecule has 3 aliphatic carbocycles. The molecule has 10 aromatic rings. The van der Waals surface area contributed by atoms with E-state index in [1.807, 2.05) is 113 Å². The second-order valence-corrected chi connectivity index (χ2v) is 31.9. The summed E-state index contributed by atoms with van der Waals surface area (Å²) in [6.07, 6.45) is 34.7. The number of anilines is 3. The normalized spacial score (nSPS) is 20.4. The van der Waals surface area contributed by atoms with Gasteiger partial charge in [-0.1, -0.05) is 6.07 Å². The summed E-state index contributed by atoms with van der Waals surface area (Å²) < 4.78 is 50.1. The number of fused-ring (bicyclic) bond motifs is 3. The highest BCUT2D eigenvalue weighted by molar-refractivity contribution is 7.90. The second-order valence-electron chi connectivity index (χ2n) is 29.6. The molecule has 0 bridgehead atoms. The van der Waals surface area contributed by atoms with Crippen LogP contribution in [0.15, 0.2) is 98.5 Å². The van der Waals surface area contributed by atoms with Gasteiger partial charge in [0.05, 0.1) is 111 Å². The molecule has 3 saturated carbocycles. The zero-order chi connectivity index (χ0) is 73.9. The average Bonchev–Trinajstić information content (AvgIpc) is 1.64. The van der Waals surface area contributed by atoms with Crippen molar-refractivity contribution >= 4 is 50.1 Å². The lowest BCUT2D eigenvalue weighted by Gasteiger charge is -2.34. The number of hydrogen-bond acceptors (Lipinski definition) is 22. The van der Waals surface area contributed by atoms with Gasteiger partial charge in [0.2, 0.25) is 23.8 Å². The van der Waals surface area contributed by atoms with Crippen LogP contribution < -0.4 is 16.0 Å². The summed E-state index contributed by atoms with van der Waals surface area (Å²) in [5, 5.41) is 68.1. The number of piperidine rings is 1. The maximum absolute atomic E-state index is 13.4. The minimum absolute atomic E-state index is 0.0398. The zero-order valence-corrected chi connectivity index (χ0v) is 62.8. The first-order valence-corrected chi connectivity index (χ1v) is 39.1.